The number of carbonyl (C=O) groups is 1. The van der Waals surface area contributed by atoms with Gasteiger partial charge < -0.3 is 4.90 Å². The molecular weight excluding hydrogens is 421 g/mol. The van der Waals surface area contributed by atoms with E-state index < -0.39 is 10.0 Å². The van der Waals surface area contributed by atoms with Gasteiger partial charge in [0.05, 0.1) is 16.1 Å². The van der Waals surface area contributed by atoms with Crippen molar-refractivity contribution < 1.29 is 13.2 Å². The molecule has 6 nitrogen and oxygen atoms in total. The highest BCUT2D eigenvalue weighted by atomic mass is 35.5. The van der Waals surface area contributed by atoms with Crippen molar-refractivity contribution in [3.05, 3.63) is 28.2 Å². The van der Waals surface area contributed by atoms with Gasteiger partial charge in [-0.05, 0) is 37.8 Å². The average Bonchev–Trinajstić information content (AvgIpc) is 2.69. The molecule has 1 atom stereocenters. The predicted molar refractivity (Wildman–Crippen MR) is 111 cm³/mol. The highest BCUT2D eigenvalue weighted by molar-refractivity contribution is 7.89. The second-order valence-electron chi connectivity index (χ2n) is 7.68. The Morgan fingerprint density at radius 2 is 1.68 bits per heavy atom. The van der Waals surface area contributed by atoms with Crippen molar-refractivity contribution >= 4 is 39.1 Å². The van der Waals surface area contributed by atoms with Crippen molar-refractivity contribution in [3.8, 4) is 0 Å². The Hall–Kier alpha value is -0.860. The third-order valence-electron chi connectivity index (χ3n) is 5.81. The fraction of sp³-hybridized carbons (Fsp3) is 0.632. The van der Waals surface area contributed by atoms with Crippen LogP contribution in [0.2, 0.25) is 10.0 Å². The van der Waals surface area contributed by atoms with Crippen LogP contribution in [0.5, 0.6) is 0 Å². The zero-order chi connectivity index (χ0) is 20.5. The molecule has 1 unspecified atom stereocenters. The first-order valence-electron chi connectivity index (χ1n) is 9.69. The Morgan fingerprint density at radius 1 is 1.07 bits per heavy atom. The zero-order valence-corrected chi connectivity index (χ0v) is 18.6. The zero-order valence-electron chi connectivity index (χ0n) is 16.3. The van der Waals surface area contributed by atoms with Crippen molar-refractivity contribution in [2.45, 2.75) is 37.6 Å². The van der Waals surface area contributed by atoms with Crippen LogP contribution in [0.1, 0.15) is 26.7 Å². The predicted octanol–water partition coefficient (Wildman–Crippen LogP) is 2.95. The van der Waals surface area contributed by atoms with E-state index in [9.17, 15) is 13.2 Å². The summed E-state index contributed by atoms with van der Waals surface area (Å²) in [6, 6.07) is 4.37. The Bertz CT molecular complexity index is 818. The largest absolute Gasteiger partial charge is 0.341 e. The summed E-state index contributed by atoms with van der Waals surface area (Å²) in [6.45, 7) is 7.41. The summed E-state index contributed by atoms with van der Waals surface area (Å²) < 4.78 is 27.3. The molecule has 0 saturated carbocycles. The molecule has 2 heterocycles. The van der Waals surface area contributed by atoms with E-state index in [1.807, 2.05) is 11.8 Å². The van der Waals surface area contributed by atoms with E-state index >= 15 is 0 Å². The summed E-state index contributed by atoms with van der Waals surface area (Å²) in [5, 5.41) is 0.269. The van der Waals surface area contributed by atoms with Crippen LogP contribution >= 0.6 is 23.2 Å². The molecular formula is C19H27Cl2N3O3S. The molecule has 0 spiro atoms. The highest BCUT2D eigenvalue weighted by Crippen LogP contribution is 2.31. The van der Waals surface area contributed by atoms with Crippen LogP contribution < -0.4 is 0 Å². The van der Waals surface area contributed by atoms with Gasteiger partial charge >= 0.3 is 0 Å². The number of likely N-dealkylation sites (tertiary alicyclic amines) is 1. The quantitative estimate of drug-likeness (QED) is 0.711. The number of hydrogen-bond acceptors (Lipinski definition) is 4. The fourth-order valence-corrected chi connectivity index (χ4v) is 5.96. The third-order valence-corrected chi connectivity index (χ3v) is 8.68. The van der Waals surface area contributed by atoms with E-state index in [4.69, 9.17) is 23.2 Å². The number of nitrogens with zero attached hydrogens (tertiary/aromatic N) is 3. The number of amides is 1. The average molecular weight is 448 g/mol. The fourth-order valence-electron chi connectivity index (χ4n) is 3.80. The van der Waals surface area contributed by atoms with Gasteiger partial charge in [0.15, 0.2) is 0 Å². The summed E-state index contributed by atoms with van der Waals surface area (Å²) >= 11 is 12.1. The van der Waals surface area contributed by atoms with E-state index in [0.717, 1.165) is 25.9 Å². The van der Waals surface area contributed by atoms with E-state index in [1.54, 1.807) is 12.1 Å². The third kappa shape index (κ3) is 4.49. The number of carbonyl (C=O) groups excluding carboxylic acids is 1. The first-order valence-corrected chi connectivity index (χ1v) is 11.9. The standard InChI is InChI=1S/C19H27Cl2N3O3S/c1-14-6-8-23(9-7-14)19(25)15(2)22-10-12-24(13-11-22)28(26,27)17-5-3-4-16(20)18(17)21/h3-5,14-15H,6-13H2,1-2H3. The number of piperidine rings is 1. The van der Waals surface area contributed by atoms with Crippen LogP contribution in [0.3, 0.4) is 0 Å². The molecule has 1 amide bonds. The van der Waals surface area contributed by atoms with Crippen molar-refractivity contribution in [2.24, 2.45) is 5.92 Å². The maximum atomic E-state index is 12.9. The minimum absolute atomic E-state index is 0.0293. The van der Waals surface area contributed by atoms with Crippen LogP contribution in [0.4, 0.5) is 0 Å². The summed E-state index contributed by atoms with van der Waals surface area (Å²) in [6.07, 6.45) is 2.09. The lowest BCUT2D eigenvalue weighted by atomic mass is 9.98. The first-order chi connectivity index (χ1) is 13.2. The molecule has 0 radical (unpaired) electrons. The number of rotatable bonds is 4. The number of sulfonamides is 1. The molecule has 3 rings (SSSR count). The van der Waals surface area contributed by atoms with Crippen molar-refractivity contribution in [1.82, 2.24) is 14.1 Å². The summed E-state index contributed by atoms with van der Waals surface area (Å²) in [4.78, 5) is 16.8. The van der Waals surface area contributed by atoms with Crippen LogP contribution in [0.25, 0.3) is 0 Å². The van der Waals surface area contributed by atoms with E-state index in [1.165, 1.54) is 10.4 Å². The smallest absolute Gasteiger partial charge is 0.244 e. The molecule has 0 aliphatic carbocycles. The monoisotopic (exact) mass is 447 g/mol. The molecule has 1 aromatic carbocycles. The molecule has 2 fully saturated rings. The summed E-state index contributed by atoms with van der Waals surface area (Å²) in [5.41, 5.74) is 0. The van der Waals surface area contributed by atoms with Crippen LogP contribution in [0, 0.1) is 5.92 Å². The maximum absolute atomic E-state index is 12.9. The Labute approximate surface area is 177 Å². The molecule has 28 heavy (non-hydrogen) atoms. The molecule has 1 aromatic rings. The second-order valence-corrected chi connectivity index (χ2v) is 10.4. The van der Waals surface area contributed by atoms with Gasteiger partial charge in [0.2, 0.25) is 15.9 Å². The SMILES string of the molecule is CC1CCN(C(=O)C(C)N2CCN(S(=O)(=O)c3cccc(Cl)c3Cl)CC2)CC1. The van der Waals surface area contributed by atoms with Gasteiger partial charge in [0.1, 0.15) is 4.90 Å². The molecule has 156 valence electrons. The molecule has 2 saturated heterocycles. The van der Waals surface area contributed by atoms with E-state index in [2.05, 4.69) is 11.8 Å². The summed E-state index contributed by atoms with van der Waals surface area (Å²) in [7, 11) is -3.72. The normalized spacial score (nSPS) is 21.6. The number of hydrogen-bond donors (Lipinski definition) is 0. The first kappa shape index (κ1) is 21.8. The van der Waals surface area contributed by atoms with Gasteiger partial charge in [-0.25, -0.2) is 8.42 Å². The second kappa shape index (κ2) is 8.88. The highest BCUT2D eigenvalue weighted by Gasteiger charge is 2.34. The van der Waals surface area contributed by atoms with Crippen LogP contribution in [-0.2, 0) is 14.8 Å². The molecule has 2 aliphatic heterocycles. The van der Waals surface area contributed by atoms with E-state index in [0.29, 0.717) is 32.1 Å². The minimum atomic E-state index is -3.72. The molecule has 2 aliphatic rings. The lowest BCUT2D eigenvalue weighted by Crippen LogP contribution is -2.56. The van der Waals surface area contributed by atoms with Gasteiger partial charge in [-0.2, -0.15) is 4.31 Å². The lowest BCUT2D eigenvalue weighted by molar-refractivity contribution is -0.138. The number of halogens is 2. The van der Waals surface area contributed by atoms with Crippen molar-refractivity contribution in [2.75, 3.05) is 39.3 Å². The van der Waals surface area contributed by atoms with Crippen LogP contribution in [-0.4, -0.2) is 73.7 Å². The van der Waals surface area contributed by atoms with Gasteiger partial charge in [0, 0.05) is 39.3 Å². The van der Waals surface area contributed by atoms with Gasteiger partial charge in [-0.1, -0.05) is 36.2 Å². The van der Waals surface area contributed by atoms with Gasteiger partial charge in [0.25, 0.3) is 0 Å². The minimum Gasteiger partial charge on any atom is -0.341 e. The molecule has 0 bridgehead atoms. The lowest BCUT2D eigenvalue weighted by Gasteiger charge is -2.39. The van der Waals surface area contributed by atoms with Crippen molar-refractivity contribution in [3.63, 3.8) is 0 Å². The maximum Gasteiger partial charge on any atom is 0.244 e. The van der Waals surface area contributed by atoms with Crippen molar-refractivity contribution in [1.29, 1.82) is 0 Å². The molecule has 9 heteroatoms. The topological polar surface area (TPSA) is 60.9 Å². The Morgan fingerprint density at radius 3 is 2.29 bits per heavy atom. The summed E-state index contributed by atoms with van der Waals surface area (Å²) in [5.74, 6) is 0.813. The van der Waals surface area contributed by atoms with Gasteiger partial charge in [-0.3, -0.25) is 9.69 Å². The van der Waals surface area contributed by atoms with Gasteiger partial charge in [-0.15, -0.1) is 0 Å². The van der Waals surface area contributed by atoms with E-state index in [-0.39, 0.29) is 26.9 Å². The Kier molecular flexibility index (Phi) is 6.92. The number of piperazine rings is 1. The molecule has 0 aromatic heterocycles. The number of benzene rings is 1. The van der Waals surface area contributed by atoms with Crippen LogP contribution in [0.15, 0.2) is 23.1 Å². The molecule has 0 N–H and O–H groups in total. The Balaban J connectivity index is 1.62.